The lowest BCUT2D eigenvalue weighted by molar-refractivity contribution is -0.136. The van der Waals surface area contributed by atoms with E-state index in [1.54, 1.807) is 24.3 Å². The fourth-order valence-corrected chi connectivity index (χ4v) is 2.82. The quantitative estimate of drug-likeness (QED) is 0.798. The van der Waals surface area contributed by atoms with Crippen LogP contribution >= 0.6 is 0 Å². The summed E-state index contributed by atoms with van der Waals surface area (Å²) < 4.78 is 0. The zero-order valence-electron chi connectivity index (χ0n) is 15.5. The molecular formula is C20H23N5O2. The molecule has 0 aromatic heterocycles. The lowest BCUT2D eigenvalue weighted by Gasteiger charge is -2.40. The normalized spacial score (nSPS) is 16.9. The van der Waals surface area contributed by atoms with Gasteiger partial charge in [-0.05, 0) is 50.2 Å². The van der Waals surface area contributed by atoms with Gasteiger partial charge in [0.2, 0.25) is 11.8 Å². The van der Waals surface area contributed by atoms with Gasteiger partial charge in [0.05, 0.1) is 23.5 Å². The van der Waals surface area contributed by atoms with Gasteiger partial charge in [-0.3, -0.25) is 14.5 Å². The van der Waals surface area contributed by atoms with E-state index >= 15 is 0 Å². The Hall–Kier alpha value is -3.06. The van der Waals surface area contributed by atoms with Gasteiger partial charge in [0.15, 0.2) is 0 Å². The van der Waals surface area contributed by atoms with Crippen LogP contribution in [-0.4, -0.2) is 41.9 Å². The summed E-state index contributed by atoms with van der Waals surface area (Å²) in [6.45, 7) is 5.00. The summed E-state index contributed by atoms with van der Waals surface area (Å²) in [5, 5.41) is 14.0. The fraction of sp³-hybridized carbons (Fsp3) is 0.300. The minimum atomic E-state index is -0.697. The number of amides is 2. The lowest BCUT2D eigenvalue weighted by Crippen LogP contribution is -2.62. The van der Waals surface area contributed by atoms with Crippen LogP contribution in [0.15, 0.2) is 64.8 Å². The fourth-order valence-electron chi connectivity index (χ4n) is 2.82. The second-order valence-electron chi connectivity index (χ2n) is 6.87. The van der Waals surface area contributed by atoms with Gasteiger partial charge in [-0.2, -0.15) is 10.2 Å². The first kappa shape index (κ1) is 18.7. The molecule has 2 aromatic rings. The summed E-state index contributed by atoms with van der Waals surface area (Å²) in [5.41, 5.74) is 1.46. The average molecular weight is 365 g/mol. The van der Waals surface area contributed by atoms with Crippen LogP contribution in [0.2, 0.25) is 0 Å². The molecule has 27 heavy (non-hydrogen) atoms. The number of rotatable bonds is 5. The van der Waals surface area contributed by atoms with E-state index < -0.39 is 5.54 Å². The first-order valence-electron chi connectivity index (χ1n) is 8.85. The molecule has 0 aliphatic carbocycles. The third-order valence-corrected chi connectivity index (χ3v) is 4.54. The molecule has 3 rings (SSSR count). The van der Waals surface area contributed by atoms with Crippen molar-refractivity contribution in [3.05, 3.63) is 54.6 Å². The van der Waals surface area contributed by atoms with Crippen LogP contribution in [0.1, 0.15) is 13.8 Å². The van der Waals surface area contributed by atoms with Crippen LogP contribution in [0.4, 0.5) is 17.1 Å². The van der Waals surface area contributed by atoms with Crippen molar-refractivity contribution < 1.29 is 9.59 Å². The molecule has 7 heteroatoms. The van der Waals surface area contributed by atoms with Crippen molar-refractivity contribution in [2.75, 3.05) is 25.0 Å². The topological polar surface area (TPSA) is 86.2 Å². The lowest BCUT2D eigenvalue weighted by atomic mass is 9.99. The number of anilines is 1. The third kappa shape index (κ3) is 4.77. The first-order valence-corrected chi connectivity index (χ1v) is 8.85. The minimum Gasteiger partial charge on any atom is -0.353 e. The molecule has 0 spiro atoms. The Morgan fingerprint density at radius 3 is 2.37 bits per heavy atom. The number of nitrogens with one attached hydrogen (secondary N) is 2. The monoisotopic (exact) mass is 365 g/mol. The first-order chi connectivity index (χ1) is 12.9. The van der Waals surface area contributed by atoms with E-state index in [9.17, 15) is 9.59 Å². The van der Waals surface area contributed by atoms with Gasteiger partial charge in [0.1, 0.15) is 0 Å². The van der Waals surface area contributed by atoms with E-state index in [0.29, 0.717) is 24.5 Å². The van der Waals surface area contributed by atoms with E-state index in [1.165, 1.54) is 0 Å². The van der Waals surface area contributed by atoms with Crippen molar-refractivity contribution in [3.63, 3.8) is 0 Å². The summed E-state index contributed by atoms with van der Waals surface area (Å²) in [6.07, 6.45) is 0. The second kappa shape index (κ2) is 8.09. The Morgan fingerprint density at radius 1 is 1.07 bits per heavy atom. The number of carbonyl (C=O) groups is 2. The molecule has 1 fully saturated rings. The summed E-state index contributed by atoms with van der Waals surface area (Å²) in [5.74, 6) is -0.217. The van der Waals surface area contributed by atoms with Crippen LogP contribution in [0.5, 0.6) is 0 Å². The molecule has 1 aliphatic heterocycles. The maximum Gasteiger partial charge on any atom is 0.240 e. The Morgan fingerprint density at radius 2 is 1.70 bits per heavy atom. The molecule has 2 N–H and O–H groups in total. The number of piperazine rings is 1. The highest BCUT2D eigenvalue weighted by atomic mass is 16.2. The van der Waals surface area contributed by atoms with Crippen LogP contribution in [0.3, 0.4) is 0 Å². The van der Waals surface area contributed by atoms with Crippen molar-refractivity contribution in [1.82, 2.24) is 10.2 Å². The highest BCUT2D eigenvalue weighted by molar-refractivity contribution is 5.93. The largest absolute Gasteiger partial charge is 0.353 e. The van der Waals surface area contributed by atoms with Crippen molar-refractivity contribution in [2.45, 2.75) is 19.4 Å². The van der Waals surface area contributed by atoms with Gasteiger partial charge in [0, 0.05) is 18.8 Å². The van der Waals surface area contributed by atoms with Crippen LogP contribution < -0.4 is 10.6 Å². The maximum atomic E-state index is 12.3. The zero-order valence-corrected chi connectivity index (χ0v) is 15.5. The number of nitrogens with zero attached hydrogens (tertiary/aromatic N) is 3. The van der Waals surface area contributed by atoms with Gasteiger partial charge >= 0.3 is 0 Å². The number of hydrogen-bond donors (Lipinski definition) is 2. The molecule has 1 saturated heterocycles. The van der Waals surface area contributed by atoms with E-state index in [4.69, 9.17) is 0 Å². The number of carbonyl (C=O) groups excluding carboxylic acids is 2. The van der Waals surface area contributed by atoms with E-state index in [-0.39, 0.29) is 18.4 Å². The summed E-state index contributed by atoms with van der Waals surface area (Å²) in [7, 11) is 0. The van der Waals surface area contributed by atoms with Crippen LogP contribution in [0, 0.1) is 0 Å². The molecule has 2 aromatic carbocycles. The number of benzene rings is 2. The van der Waals surface area contributed by atoms with E-state index in [2.05, 4.69) is 20.9 Å². The van der Waals surface area contributed by atoms with E-state index in [1.807, 2.05) is 49.1 Å². The molecule has 0 radical (unpaired) electrons. The summed E-state index contributed by atoms with van der Waals surface area (Å²) in [4.78, 5) is 26.2. The molecule has 1 heterocycles. The third-order valence-electron chi connectivity index (χ3n) is 4.54. The predicted octanol–water partition coefficient (Wildman–Crippen LogP) is 3.25. The second-order valence-corrected chi connectivity index (χ2v) is 6.87. The van der Waals surface area contributed by atoms with Gasteiger partial charge in [-0.1, -0.05) is 18.2 Å². The zero-order chi connectivity index (χ0) is 19.3. The molecule has 7 nitrogen and oxygen atoms in total. The molecule has 0 unspecified atom stereocenters. The Bertz CT molecular complexity index is 831. The molecule has 2 amide bonds. The maximum absolute atomic E-state index is 12.3. The Kier molecular flexibility index (Phi) is 5.61. The van der Waals surface area contributed by atoms with Gasteiger partial charge < -0.3 is 10.6 Å². The van der Waals surface area contributed by atoms with Gasteiger partial charge in [-0.15, -0.1) is 0 Å². The number of azo groups is 1. The SMILES string of the molecule is CC1(C)C(=O)NCCN1CC(=O)Nc1ccc(N=Nc2ccccc2)cc1. The van der Waals surface area contributed by atoms with Crippen molar-refractivity contribution in [3.8, 4) is 0 Å². The molecule has 140 valence electrons. The summed E-state index contributed by atoms with van der Waals surface area (Å²) in [6, 6.07) is 16.6. The van der Waals surface area contributed by atoms with Crippen LogP contribution in [-0.2, 0) is 9.59 Å². The highest BCUT2D eigenvalue weighted by Crippen LogP contribution is 2.21. The highest BCUT2D eigenvalue weighted by Gasteiger charge is 2.38. The standard InChI is InChI=1S/C20H23N5O2/c1-20(2)19(27)21-12-13-25(20)14-18(26)22-15-8-10-17(11-9-15)24-23-16-6-4-3-5-7-16/h3-11H,12-14H2,1-2H3,(H,21,27)(H,22,26). The number of hydrogen-bond acceptors (Lipinski definition) is 5. The Labute approximate surface area is 158 Å². The molecular weight excluding hydrogens is 342 g/mol. The molecule has 1 aliphatic rings. The average Bonchev–Trinajstić information content (AvgIpc) is 2.66. The molecule has 0 saturated carbocycles. The van der Waals surface area contributed by atoms with Crippen molar-refractivity contribution in [1.29, 1.82) is 0 Å². The summed E-state index contributed by atoms with van der Waals surface area (Å²) >= 11 is 0. The van der Waals surface area contributed by atoms with Crippen LogP contribution in [0.25, 0.3) is 0 Å². The van der Waals surface area contributed by atoms with Gasteiger partial charge in [-0.25, -0.2) is 0 Å². The van der Waals surface area contributed by atoms with Crippen molar-refractivity contribution in [2.24, 2.45) is 10.2 Å². The minimum absolute atomic E-state index is 0.0605. The smallest absolute Gasteiger partial charge is 0.240 e. The Balaban J connectivity index is 1.57. The predicted molar refractivity (Wildman–Crippen MR) is 104 cm³/mol. The molecule has 0 bridgehead atoms. The van der Waals surface area contributed by atoms with Crippen molar-refractivity contribution >= 4 is 28.9 Å². The van der Waals surface area contributed by atoms with E-state index in [0.717, 1.165) is 5.69 Å². The van der Waals surface area contributed by atoms with Gasteiger partial charge in [0.25, 0.3) is 0 Å². The molecule has 0 atom stereocenters.